The van der Waals surface area contributed by atoms with Crippen molar-refractivity contribution in [3.8, 4) is 0 Å². The largest absolute Gasteiger partial charge is 0.0835 e. The van der Waals surface area contributed by atoms with Crippen molar-refractivity contribution in [3.05, 3.63) is 35.5 Å². The molecule has 0 bridgehead atoms. The summed E-state index contributed by atoms with van der Waals surface area (Å²) in [5.74, 6) is 2.44. The van der Waals surface area contributed by atoms with E-state index in [1.807, 2.05) is 0 Å². The van der Waals surface area contributed by atoms with Crippen LogP contribution in [-0.2, 0) is 0 Å². The van der Waals surface area contributed by atoms with Gasteiger partial charge in [-0.2, -0.15) is 0 Å². The zero-order valence-electron chi connectivity index (χ0n) is 10.9. The normalized spacial score (nSPS) is 42.6. The first kappa shape index (κ1) is 12.0. The Balaban J connectivity index is 2.04. The van der Waals surface area contributed by atoms with Crippen LogP contribution in [0.15, 0.2) is 35.5 Å². The highest BCUT2D eigenvalue weighted by molar-refractivity contribution is 14.1. The van der Waals surface area contributed by atoms with Gasteiger partial charge in [-0.15, -0.1) is 0 Å². The van der Waals surface area contributed by atoms with Crippen LogP contribution in [0.3, 0.4) is 0 Å². The fraction of sp³-hybridized carbons (Fsp3) is 0.625. The molecular formula is C16H21I. The van der Waals surface area contributed by atoms with Gasteiger partial charge in [0.05, 0.1) is 0 Å². The number of allylic oxidation sites excluding steroid dienone is 6. The van der Waals surface area contributed by atoms with Crippen LogP contribution < -0.4 is 0 Å². The van der Waals surface area contributed by atoms with Gasteiger partial charge in [-0.05, 0) is 42.9 Å². The van der Waals surface area contributed by atoms with Gasteiger partial charge in [-0.3, -0.25) is 0 Å². The number of hydrogen-bond acceptors (Lipinski definition) is 0. The molecule has 0 aromatic carbocycles. The molecule has 0 N–H and O–H groups in total. The van der Waals surface area contributed by atoms with Crippen LogP contribution in [0.1, 0.15) is 33.6 Å². The van der Waals surface area contributed by atoms with E-state index in [4.69, 9.17) is 0 Å². The SMILES string of the molecule is CC1=CC[C@H]2C(=C1)C(C)(C)C1CC(I)C=CC12. The van der Waals surface area contributed by atoms with E-state index in [1.165, 1.54) is 18.4 Å². The Hall–Kier alpha value is -0.0500. The summed E-state index contributed by atoms with van der Waals surface area (Å²) in [6.07, 6.45) is 12.5. The van der Waals surface area contributed by atoms with E-state index in [0.29, 0.717) is 5.41 Å². The van der Waals surface area contributed by atoms with E-state index in [-0.39, 0.29) is 0 Å². The zero-order chi connectivity index (χ0) is 12.2. The van der Waals surface area contributed by atoms with E-state index in [0.717, 1.165) is 21.7 Å². The molecule has 0 radical (unpaired) electrons. The fourth-order valence-corrected chi connectivity index (χ4v) is 4.93. The Morgan fingerprint density at radius 1 is 1.29 bits per heavy atom. The first-order valence-electron chi connectivity index (χ1n) is 6.71. The molecule has 1 heteroatoms. The molecule has 4 atom stereocenters. The average Bonchev–Trinajstić information content (AvgIpc) is 2.49. The van der Waals surface area contributed by atoms with E-state index in [1.54, 1.807) is 5.57 Å². The number of alkyl halides is 1. The van der Waals surface area contributed by atoms with Crippen LogP contribution in [0.2, 0.25) is 0 Å². The third-order valence-electron chi connectivity index (χ3n) is 5.10. The highest BCUT2D eigenvalue weighted by atomic mass is 127. The molecule has 17 heavy (non-hydrogen) atoms. The Labute approximate surface area is 118 Å². The van der Waals surface area contributed by atoms with Gasteiger partial charge in [0, 0.05) is 3.92 Å². The maximum absolute atomic E-state index is 2.59. The van der Waals surface area contributed by atoms with Crippen LogP contribution in [0.5, 0.6) is 0 Å². The lowest BCUT2D eigenvalue weighted by Crippen LogP contribution is -2.27. The molecule has 0 nitrogen and oxygen atoms in total. The molecule has 0 aromatic rings. The number of fused-ring (bicyclic) bond motifs is 3. The molecule has 92 valence electrons. The molecule has 0 heterocycles. The Morgan fingerprint density at radius 2 is 2.06 bits per heavy atom. The molecule has 0 saturated heterocycles. The van der Waals surface area contributed by atoms with Crippen LogP contribution in [0, 0.1) is 23.2 Å². The van der Waals surface area contributed by atoms with Gasteiger partial charge in [0.2, 0.25) is 0 Å². The van der Waals surface area contributed by atoms with Crippen molar-refractivity contribution in [3.63, 3.8) is 0 Å². The van der Waals surface area contributed by atoms with Crippen LogP contribution in [-0.4, -0.2) is 3.92 Å². The monoisotopic (exact) mass is 340 g/mol. The van der Waals surface area contributed by atoms with Crippen molar-refractivity contribution in [2.24, 2.45) is 23.2 Å². The highest BCUT2D eigenvalue weighted by Gasteiger charge is 2.51. The summed E-state index contributed by atoms with van der Waals surface area (Å²) < 4.78 is 0.739. The number of hydrogen-bond donors (Lipinski definition) is 0. The third-order valence-corrected chi connectivity index (χ3v) is 6.02. The van der Waals surface area contributed by atoms with Crippen molar-refractivity contribution in [1.82, 2.24) is 0 Å². The van der Waals surface area contributed by atoms with E-state index >= 15 is 0 Å². The quantitative estimate of drug-likeness (QED) is 0.334. The lowest BCUT2D eigenvalue weighted by molar-refractivity contribution is 0.241. The molecule has 0 aliphatic heterocycles. The van der Waals surface area contributed by atoms with Gasteiger partial charge < -0.3 is 0 Å². The van der Waals surface area contributed by atoms with Crippen LogP contribution >= 0.6 is 22.6 Å². The molecule has 3 unspecified atom stereocenters. The first-order chi connectivity index (χ1) is 8.00. The average molecular weight is 340 g/mol. The topological polar surface area (TPSA) is 0 Å². The van der Waals surface area contributed by atoms with Gasteiger partial charge in [-0.1, -0.05) is 71.9 Å². The summed E-state index contributed by atoms with van der Waals surface area (Å²) in [5.41, 5.74) is 3.60. The minimum absolute atomic E-state index is 0.402. The highest BCUT2D eigenvalue weighted by Crippen LogP contribution is 2.60. The van der Waals surface area contributed by atoms with Crippen LogP contribution in [0.4, 0.5) is 0 Å². The third kappa shape index (κ3) is 1.76. The Kier molecular flexibility index (Phi) is 2.81. The second kappa shape index (κ2) is 3.97. The summed E-state index contributed by atoms with van der Waals surface area (Å²) in [7, 11) is 0. The van der Waals surface area contributed by atoms with E-state index in [2.05, 4.69) is 67.7 Å². The number of rotatable bonds is 0. The summed E-state index contributed by atoms with van der Waals surface area (Å²) in [5, 5.41) is 0. The van der Waals surface area contributed by atoms with E-state index in [9.17, 15) is 0 Å². The van der Waals surface area contributed by atoms with Crippen molar-refractivity contribution < 1.29 is 0 Å². The first-order valence-corrected chi connectivity index (χ1v) is 7.96. The lowest BCUT2D eigenvalue weighted by atomic mass is 9.72. The fourth-order valence-electron chi connectivity index (χ4n) is 4.15. The van der Waals surface area contributed by atoms with E-state index < -0.39 is 0 Å². The van der Waals surface area contributed by atoms with Gasteiger partial charge in [0.1, 0.15) is 0 Å². The van der Waals surface area contributed by atoms with Crippen molar-refractivity contribution >= 4 is 22.6 Å². The Morgan fingerprint density at radius 3 is 2.82 bits per heavy atom. The molecule has 3 aliphatic carbocycles. The molecule has 0 spiro atoms. The smallest absolute Gasteiger partial charge is 0.0292 e. The van der Waals surface area contributed by atoms with Gasteiger partial charge in [0.25, 0.3) is 0 Å². The standard InChI is InChI=1S/C16H21I/c1-10-4-6-12-13-7-5-11(17)9-15(13)16(2,3)14(12)8-10/h4-5,7-8,11-13,15H,6,9H2,1-3H3/t11?,12-,13?,15?/m1/s1. The van der Waals surface area contributed by atoms with Crippen molar-refractivity contribution in [2.45, 2.75) is 37.5 Å². The molecule has 0 aromatic heterocycles. The summed E-state index contributed by atoms with van der Waals surface area (Å²) in [4.78, 5) is 0. The molecule has 1 fully saturated rings. The van der Waals surface area contributed by atoms with Gasteiger partial charge >= 0.3 is 0 Å². The predicted molar refractivity (Wildman–Crippen MR) is 82.3 cm³/mol. The molecule has 0 amide bonds. The summed E-state index contributed by atoms with van der Waals surface area (Å²) in [6, 6.07) is 0. The van der Waals surface area contributed by atoms with Crippen molar-refractivity contribution in [1.29, 1.82) is 0 Å². The van der Waals surface area contributed by atoms with Gasteiger partial charge in [0.15, 0.2) is 0 Å². The number of halogens is 1. The maximum atomic E-state index is 2.59. The molecule has 1 saturated carbocycles. The second-order valence-corrected chi connectivity index (χ2v) is 8.03. The maximum Gasteiger partial charge on any atom is 0.0292 e. The second-order valence-electron chi connectivity index (χ2n) is 6.43. The van der Waals surface area contributed by atoms with Crippen molar-refractivity contribution in [2.75, 3.05) is 0 Å². The van der Waals surface area contributed by atoms with Gasteiger partial charge in [-0.25, -0.2) is 0 Å². The molecule has 3 rings (SSSR count). The minimum atomic E-state index is 0.402. The Bertz CT molecular complexity index is 425. The predicted octanol–water partition coefficient (Wildman–Crippen LogP) is 4.91. The lowest BCUT2D eigenvalue weighted by Gasteiger charge is -2.34. The summed E-state index contributed by atoms with van der Waals surface area (Å²) in [6.45, 7) is 7.19. The summed E-state index contributed by atoms with van der Waals surface area (Å²) >= 11 is 2.59. The zero-order valence-corrected chi connectivity index (χ0v) is 13.1. The molecule has 3 aliphatic rings. The van der Waals surface area contributed by atoms with Crippen LogP contribution in [0.25, 0.3) is 0 Å². The minimum Gasteiger partial charge on any atom is -0.0835 e. The molecular weight excluding hydrogens is 319 g/mol.